The second-order valence-corrected chi connectivity index (χ2v) is 5.14. The number of fused-ring (bicyclic) bond motifs is 1. The van der Waals surface area contributed by atoms with Crippen LogP contribution in [0.15, 0.2) is 53.1 Å². The van der Waals surface area contributed by atoms with Crippen LogP contribution in [0.2, 0.25) is 0 Å². The number of hydrogen-bond donors (Lipinski definition) is 0. The molecule has 0 aliphatic heterocycles. The Hall–Kier alpha value is -2.01. The van der Waals surface area contributed by atoms with Crippen molar-refractivity contribution in [1.29, 1.82) is 0 Å². The van der Waals surface area contributed by atoms with E-state index >= 15 is 0 Å². The molecule has 0 N–H and O–H groups in total. The Kier molecular flexibility index (Phi) is 3.14. The first-order valence-electron chi connectivity index (χ1n) is 5.83. The Labute approximate surface area is 121 Å². The molecule has 0 saturated heterocycles. The molecule has 2 aromatic heterocycles. The summed E-state index contributed by atoms with van der Waals surface area (Å²) in [6.07, 6.45) is 1.74. The van der Waals surface area contributed by atoms with E-state index in [0.29, 0.717) is 5.69 Å². The fourth-order valence-electron chi connectivity index (χ4n) is 2.07. The maximum atomic E-state index is 13.2. The van der Waals surface area contributed by atoms with E-state index in [0.717, 1.165) is 22.1 Å². The lowest BCUT2D eigenvalue weighted by Crippen LogP contribution is -2.06. The highest BCUT2D eigenvalue weighted by Gasteiger charge is 2.15. The predicted molar refractivity (Wildman–Crippen MR) is 74.9 cm³/mol. The molecule has 5 heteroatoms. The SMILES string of the molecule is O=C(c1ccc(F)c(F)c1)c1ccc2c(Br)cccn12. The number of halogens is 3. The molecule has 0 radical (unpaired) electrons. The van der Waals surface area contributed by atoms with Crippen LogP contribution < -0.4 is 0 Å². The normalized spacial score (nSPS) is 10.9. The summed E-state index contributed by atoms with van der Waals surface area (Å²) in [5.74, 6) is -2.36. The van der Waals surface area contributed by atoms with Crippen LogP contribution in [0.1, 0.15) is 16.1 Å². The van der Waals surface area contributed by atoms with Gasteiger partial charge < -0.3 is 4.40 Å². The monoisotopic (exact) mass is 335 g/mol. The van der Waals surface area contributed by atoms with E-state index in [2.05, 4.69) is 15.9 Å². The van der Waals surface area contributed by atoms with Gasteiger partial charge in [-0.3, -0.25) is 4.79 Å². The molecule has 0 atom stereocenters. The number of ketones is 1. The van der Waals surface area contributed by atoms with Gasteiger partial charge in [0.1, 0.15) is 0 Å². The zero-order valence-electron chi connectivity index (χ0n) is 10.1. The third-order valence-corrected chi connectivity index (χ3v) is 3.73. The van der Waals surface area contributed by atoms with Gasteiger partial charge in [-0.05, 0) is 58.4 Å². The summed E-state index contributed by atoms with van der Waals surface area (Å²) in [5, 5.41) is 0. The van der Waals surface area contributed by atoms with Gasteiger partial charge in [-0.25, -0.2) is 8.78 Å². The van der Waals surface area contributed by atoms with Gasteiger partial charge in [-0.1, -0.05) is 0 Å². The van der Waals surface area contributed by atoms with Crippen LogP contribution in [0, 0.1) is 11.6 Å². The Morgan fingerprint density at radius 2 is 1.85 bits per heavy atom. The average Bonchev–Trinajstić information content (AvgIpc) is 2.86. The fraction of sp³-hybridized carbons (Fsp3) is 0. The maximum Gasteiger partial charge on any atom is 0.209 e. The molecule has 2 heterocycles. The standard InChI is InChI=1S/C15H8BrF2NO/c16-10-2-1-7-19-13(10)5-6-14(19)15(20)9-3-4-11(17)12(18)8-9/h1-8H. The van der Waals surface area contributed by atoms with Gasteiger partial charge in [0, 0.05) is 16.2 Å². The third-order valence-electron chi connectivity index (χ3n) is 3.05. The molecular weight excluding hydrogens is 328 g/mol. The first-order valence-corrected chi connectivity index (χ1v) is 6.62. The highest BCUT2D eigenvalue weighted by Crippen LogP contribution is 2.22. The van der Waals surface area contributed by atoms with E-state index in [1.165, 1.54) is 6.07 Å². The number of rotatable bonds is 2. The van der Waals surface area contributed by atoms with Crippen LogP contribution in [0.4, 0.5) is 8.78 Å². The minimum absolute atomic E-state index is 0.115. The Morgan fingerprint density at radius 1 is 1.05 bits per heavy atom. The number of aromatic nitrogens is 1. The van der Waals surface area contributed by atoms with E-state index in [4.69, 9.17) is 0 Å². The largest absolute Gasteiger partial charge is 0.313 e. The highest BCUT2D eigenvalue weighted by molar-refractivity contribution is 9.10. The van der Waals surface area contributed by atoms with Crippen molar-refractivity contribution in [3.8, 4) is 0 Å². The number of nitrogens with zero attached hydrogens (tertiary/aromatic N) is 1. The highest BCUT2D eigenvalue weighted by atomic mass is 79.9. The van der Waals surface area contributed by atoms with Gasteiger partial charge in [0.2, 0.25) is 5.78 Å². The van der Waals surface area contributed by atoms with Gasteiger partial charge in [0.05, 0.1) is 11.2 Å². The molecule has 0 fully saturated rings. The lowest BCUT2D eigenvalue weighted by Gasteiger charge is -2.04. The summed E-state index contributed by atoms with van der Waals surface area (Å²) < 4.78 is 28.7. The topological polar surface area (TPSA) is 21.5 Å². The van der Waals surface area contributed by atoms with E-state index in [-0.39, 0.29) is 11.3 Å². The quantitative estimate of drug-likeness (QED) is 0.643. The van der Waals surface area contributed by atoms with E-state index in [1.807, 2.05) is 6.07 Å². The smallest absolute Gasteiger partial charge is 0.209 e. The molecule has 1 aromatic carbocycles. The predicted octanol–water partition coefficient (Wildman–Crippen LogP) is 4.21. The molecule has 3 aromatic rings. The zero-order valence-corrected chi connectivity index (χ0v) is 11.7. The molecule has 0 bridgehead atoms. The van der Waals surface area contributed by atoms with Crippen LogP contribution in [-0.4, -0.2) is 10.2 Å². The molecule has 0 amide bonds. The second-order valence-electron chi connectivity index (χ2n) is 4.29. The first kappa shape index (κ1) is 13.0. The second kappa shape index (κ2) is 4.83. The number of carbonyl (C=O) groups excluding carboxylic acids is 1. The Bertz CT molecular complexity index is 826. The number of pyridine rings is 1. The Balaban J connectivity index is 2.13. The van der Waals surface area contributed by atoms with Crippen molar-refractivity contribution in [3.63, 3.8) is 0 Å². The van der Waals surface area contributed by atoms with Crippen molar-refractivity contribution in [3.05, 3.63) is 76.0 Å². The number of carbonyl (C=O) groups is 1. The van der Waals surface area contributed by atoms with Crippen LogP contribution in [0.3, 0.4) is 0 Å². The molecule has 20 heavy (non-hydrogen) atoms. The van der Waals surface area contributed by atoms with Crippen LogP contribution in [0.25, 0.3) is 5.52 Å². The van der Waals surface area contributed by atoms with E-state index in [1.54, 1.807) is 28.8 Å². The van der Waals surface area contributed by atoms with Gasteiger partial charge >= 0.3 is 0 Å². The molecule has 0 spiro atoms. The molecule has 0 aliphatic carbocycles. The van der Waals surface area contributed by atoms with E-state index < -0.39 is 11.6 Å². The molecule has 0 aliphatic rings. The van der Waals surface area contributed by atoms with Gasteiger partial charge in [0.15, 0.2) is 11.6 Å². The summed E-state index contributed by atoms with van der Waals surface area (Å²) >= 11 is 3.39. The minimum atomic E-state index is -1.03. The molecule has 0 unspecified atom stereocenters. The molecule has 100 valence electrons. The summed E-state index contributed by atoms with van der Waals surface area (Å²) in [5.41, 5.74) is 1.34. The van der Waals surface area contributed by atoms with Gasteiger partial charge in [0.25, 0.3) is 0 Å². The maximum absolute atomic E-state index is 13.2. The first-order chi connectivity index (χ1) is 9.58. The fourth-order valence-corrected chi connectivity index (χ4v) is 2.55. The van der Waals surface area contributed by atoms with Gasteiger partial charge in [-0.2, -0.15) is 0 Å². The average molecular weight is 336 g/mol. The lowest BCUT2D eigenvalue weighted by atomic mass is 10.1. The summed E-state index contributed by atoms with van der Waals surface area (Å²) in [6, 6.07) is 10.2. The van der Waals surface area contributed by atoms with Crippen molar-refractivity contribution in [2.45, 2.75) is 0 Å². The number of hydrogen-bond acceptors (Lipinski definition) is 1. The van der Waals surface area contributed by atoms with Crippen molar-refractivity contribution in [1.82, 2.24) is 4.40 Å². The van der Waals surface area contributed by atoms with Crippen molar-refractivity contribution in [2.75, 3.05) is 0 Å². The molecule has 2 nitrogen and oxygen atoms in total. The molecule has 0 saturated carbocycles. The molecule has 3 rings (SSSR count). The van der Waals surface area contributed by atoms with Crippen molar-refractivity contribution in [2.24, 2.45) is 0 Å². The number of benzene rings is 1. The minimum Gasteiger partial charge on any atom is -0.313 e. The lowest BCUT2D eigenvalue weighted by molar-refractivity contribution is 0.103. The van der Waals surface area contributed by atoms with E-state index in [9.17, 15) is 13.6 Å². The summed E-state index contributed by atoms with van der Waals surface area (Å²) in [6.45, 7) is 0. The summed E-state index contributed by atoms with van der Waals surface area (Å²) in [7, 11) is 0. The van der Waals surface area contributed by atoms with Crippen LogP contribution >= 0.6 is 15.9 Å². The van der Waals surface area contributed by atoms with Crippen LogP contribution in [-0.2, 0) is 0 Å². The molecular formula is C15H8BrF2NO. The van der Waals surface area contributed by atoms with Gasteiger partial charge in [-0.15, -0.1) is 0 Å². The summed E-state index contributed by atoms with van der Waals surface area (Å²) in [4.78, 5) is 12.4. The van der Waals surface area contributed by atoms with Crippen molar-refractivity contribution >= 4 is 27.2 Å². The van der Waals surface area contributed by atoms with Crippen molar-refractivity contribution < 1.29 is 13.6 Å². The third kappa shape index (κ3) is 2.04. The Morgan fingerprint density at radius 3 is 2.60 bits per heavy atom. The van der Waals surface area contributed by atoms with Crippen LogP contribution in [0.5, 0.6) is 0 Å². The zero-order chi connectivity index (χ0) is 14.3.